The second-order valence-corrected chi connectivity index (χ2v) is 6.52. The molecule has 0 saturated carbocycles. The van der Waals surface area contributed by atoms with E-state index in [-0.39, 0.29) is 5.91 Å². The number of pyridine rings is 1. The number of hydrogen-bond donors (Lipinski definition) is 2. The van der Waals surface area contributed by atoms with Crippen LogP contribution in [0.25, 0.3) is 17.0 Å². The molecule has 1 aromatic carbocycles. The average molecular weight is 338 g/mol. The first kappa shape index (κ1) is 15.1. The van der Waals surface area contributed by atoms with Gasteiger partial charge in [-0.15, -0.1) is 0 Å². The molecule has 0 aliphatic carbocycles. The van der Waals surface area contributed by atoms with Gasteiger partial charge in [0, 0.05) is 24.0 Å². The van der Waals surface area contributed by atoms with Gasteiger partial charge < -0.3 is 10.2 Å². The largest absolute Gasteiger partial charge is 0.356 e. The topological polar surface area (TPSA) is 57.3 Å². The van der Waals surface area contributed by atoms with Crippen LogP contribution in [-0.4, -0.2) is 29.1 Å². The maximum atomic E-state index is 12.0. The highest BCUT2D eigenvalue weighted by molar-refractivity contribution is 7.80. The smallest absolute Gasteiger partial charge is 0.273 e. The minimum absolute atomic E-state index is 0.197. The normalized spacial score (nSPS) is 19.7. The molecule has 2 aromatic rings. The van der Waals surface area contributed by atoms with Crippen LogP contribution in [0.2, 0.25) is 0 Å². The van der Waals surface area contributed by atoms with Crippen molar-refractivity contribution in [3.63, 3.8) is 0 Å². The number of para-hydroxylation sites is 1. The Labute approximate surface area is 145 Å². The molecule has 0 unspecified atom stereocenters. The number of fused-ring (bicyclic) bond motifs is 1. The molecule has 122 valence electrons. The summed E-state index contributed by atoms with van der Waals surface area (Å²) in [5.74, 6) is 0.742. The third-order valence-corrected chi connectivity index (χ3v) is 4.61. The first-order chi connectivity index (χ1) is 11.7. The number of piperidine rings is 1. The first-order valence-corrected chi connectivity index (χ1v) is 8.60. The number of thiocarbonyl (C=S) groups is 1. The molecule has 0 bridgehead atoms. The number of carbonyl (C=O) groups is 1. The lowest BCUT2D eigenvalue weighted by molar-refractivity contribution is -0.115. The van der Waals surface area contributed by atoms with Crippen LogP contribution >= 0.6 is 12.2 Å². The van der Waals surface area contributed by atoms with E-state index in [2.05, 4.69) is 21.6 Å². The predicted molar refractivity (Wildman–Crippen MR) is 99.7 cm³/mol. The molecule has 6 heteroatoms. The molecule has 0 atom stereocenters. The van der Waals surface area contributed by atoms with Crippen molar-refractivity contribution in [3.8, 4) is 0 Å². The van der Waals surface area contributed by atoms with Gasteiger partial charge in [-0.3, -0.25) is 10.1 Å². The summed E-state index contributed by atoms with van der Waals surface area (Å²) in [5, 5.41) is 6.93. The Morgan fingerprint density at radius 3 is 2.67 bits per heavy atom. The third kappa shape index (κ3) is 2.85. The number of nitrogens with one attached hydrogen (secondary N) is 2. The van der Waals surface area contributed by atoms with Gasteiger partial charge in [-0.2, -0.15) is 0 Å². The minimum atomic E-state index is -0.197. The fourth-order valence-electron chi connectivity index (χ4n) is 3.23. The molecule has 2 fully saturated rings. The van der Waals surface area contributed by atoms with Crippen LogP contribution in [0.3, 0.4) is 0 Å². The maximum absolute atomic E-state index is 12.0. The fourth-order valence-corrected chi connectivity index (χ4v) is 3.43. The number of rotatable bonds is 2. The molecule has 2 aliphatic heterocycles. The summed E-state index contributed by atoms with van der Waals surface area (Å²) in [6.07, 6.45) is 5.46. The predicted octanol–water partition coefficient (Wildman–Crippen LogP) is 2.57. The summed E-state index contributed by atoms with van der Waals surface area (Å²) >= 11 is 5.01. The Bertz CT molecular complexity index is 855. The molecule has 24 heavy (non-hydrogen) atoms. The minimum Gasteiger partial charge on any atom is -0.356 e. The number of amides is 1. The van der Waals surface area contributed by atoms with E-state index in [0.717, 1.165) is 35.4 Å². The molecule has 2 saturated heterocycles. The number of nitrogens with zero attached hydrogens (tertiary/aromatic N) is 2. The second kappa shape index (κ2) is 6.20. The molecular formula is C18H18N4OS. The Morgan fingerprint density at radius 2 is 1.92 bits per heavy atom. The summed E-state index contributed by atoms with van der Waals surface area (Å²) in [4.78, 5) is 19.2. The third-order valence-electron chi connectivity index (χ3n) is 4.41. The Balaban J connectivity index is 1.83. The van der Waals surface area contributed by atoms with Crippen LogP contribution in [-0.2, 0) is 4.79 Å². The van der Waals surface area contributed by atoms with Gasteiger partial charge in [0.1, 0.15) is 11.5 Å². The van der Waals surface area contributed by atoms with Gasteiger partial charge in [0.25, 0.3) is 5.91 Å². The Kier molecular flexibility index (Phi) is 3.90. The van der Waals surface area contributed by atoms with Gasteiger partial charge in [-0.05, 0) is 49.7 Å². The first-order valence-electron chi connectivity index (χ1n) is 8.19. The van der Waals surface area contributed by atoms with Crippen molar-refractivity contribution < 1.29 is 4.79 Å². The zero-order valence-electron chi connectivity index (χ0n) is 13.2. The van der Waals surface area contributed by atoms with E-state index in [1.807, 2.05) is 30.3 Å². The van der Waals surface area contributed by atoms with Gasteiger partial charge >= 0.3 is 0 Å². The van der Waals surface area contributed by atoms with E-state index < -0.39 is 0 Å². The summed E-state index contributed by atoms with van der Waals surface area (Å²) in [6.45, 7) is 2.00. The van der Waals surface area contributed by atoms with Crippen molar-refractivity contribution in [2.24, 2.45) is 0 Å². The van der Waals surface area contributed by atoms with Crippen LogP contribution in [0.4, 0.5) is 5.82 Å². The average Bonchev–Trinajstić information content (AvgIpc) is 2.92. The number of aromatic nitrogens is 1. The number of carbonyl (C=O) groups excluding carboxylic acids is 1. The van der Waals surface area contributed by atoms with Crippen molar-refractivity contribution in [3.05, 3.63) is 41.6 Å². The molecule has 3 heterocycles. The van der Waals surface area contributed by atoms with Crippen molar-refractivity contribution in [2.75, 3.05) is 18.0 Å². The highest BCUT2D eigenvalue weighted by Gasteiger charge is 2.22. The summed E-state index contributed by atoms with van der Waals surface area (Å²) in [6, 6.07) is 10.1. The van der Waals surface area contributed by atoms with E-state index in [9.17, 15) is 4.79 Å². The van der Waals surface area contributed by atoms with Crippen molar-refractivity contribution in [1.82, 2.24) is 15.6 Å². The van der Waals surface area contributed by atoms with E-state index in [4.69, 9.17) is 17.2 Å². The van der Waals surface area contributed by atoms with E-state index in [1.165, 1.54) is 19.3 Å². The molecule has 2 N–H and O–H groups in total. The second-order valence-electron chi connectivity index (χ2n) is 6.11. The SMILES string of the molecule is O=C1NC(=S)N/C1=C/c1cc2ccccc2nc1N1CCCCC1. The summed E-state index contributed by atoms with van der Waals surface area (Å²) in [5.41, 5.74) is 2.38. The number of benzene rings is 1. The Morgan fingerprint density at radius 1 is 1.12 bits per heavy atom. The van der Waals surface area contributed by atoms with Crippen molar-refractivity contribution in [1.29, 1.82) is 0 Å². The standard InChI is InChI=1S/C18H18N4OS/c23-17-15(20-18(24)21-17)11-13-10-12-6-2-3-7-14(12)19-16(13)22-8-4-1-5-9-22/h2-3,6-7,10-11H,1,4-5,8-9H2,(H2,20,21,23,24)/b15-11+. The molecule has 2 aliphatic rings. The molecule has 4 rings (SSSR count). The van der Waals surface area contributed by atoms with Crippen LogP contribution in [0, 0.1) is 0 Å². The lowest BCUT2D eigenvalue weighted by Gasteiger charge is -2.29. The van der Waals surface area contributed by atoms with Crippen molar-refractivity contribution >= 4 is 46.0 Å². The zero-order chi connectivity index (χ0) is 16.5. The summed E-state index contributed by atoms with van der Waals surface area (Å²) < 4.78 is 0. The zero-order valence-corrected chi connectivity index (χ0v) is 14.0. The molecule has 1 amide bonds. The molecule has 0 spiro atoms. The van der Waals surface area contributed by atoms with Crippen LogP contribution in [0.1, 0.15) is 24.8 Å². The van der Waals surface area contributed by atoms with E-state index in [0.29, 0.717) is 10.8 Å². The fraction of sp³-hybridized carbons (Fsp3) is 0.278. The van der Waals surface area contributed by atoms with Crippen LogP contribution in [0.15, 0.2) is 36.0 Å². The van der Waals surface area contributed by atoms with Gasteiger partial charge in [0.05, 0.1) is 5.52 Å². The molecule has 5 nitrogen and oxygen atoms in total. The van der Waals surface area contributed by atoms with E-state index >= 15 is 0 Å². The van der Waals surface area contributed by atoms with Gasteiger partial charge in [-0.1, -0.05) is 18.2 Å². The van der Waals surface area contributed by atoms with Gasteiger partial charge in [0.2, 0.25) is 0 Å². The van der Waals surface area contributed by atoms with Crippen molar-refractivity contribution in [2.45, 2.75) is 19.3 Å². The van der Waals surface area contributed by atoms with E-state index in [1.54, 1.807) is 0 Å². The van der Waals surface area contributed by atoms with Gasteiger partial charge in [-0.25, -0.2) is 4.98 Å². The summed E-state index contributed by atoms with van der Waals surface area (Å²) in [7, 11) is 0. The van der Waals surface area contributed by atoms with Crippen LogP contribution < -0.4 is 15.5 Å². The quantitative estimate of drug-likeness (QED) is 0.651. The number of hydrogen-bond acceptors (Lipinski definition) is 4. The monoisotopic (exact) mass is 338 g/mol. The lowest BCUT2D eigenvalue weighted by atomic mass is 10.1. The molecular weight excluding hydrogens is 320 g/mol. The highest BCUT2D eigenvalue weighted by Crippen LogP contribution is 2.28. The van der Waals surface area contributed by atoms with Gasteiger partial charge in [0.15, 0.2) is 5.11 Å². The molecule has 1 aromatic heterocycles. The number of anilines is 1. The molecule has 0 radical (unpaired) electrons. The lowest BCUT2D eigenvalue weighted by Crippen LogP contribution is -2.30. The maximum Gasteiger partial charge on any atom is 0.273 e. The Hall–Kier alpha value is -2.47. The van der Waals surface area contributed by atoms with Crippen LogP contribution in [0.5, 0.6) is 0 Å². The highest BCUT2D eigenvalue weighted by atomic mass is 32.1.